The second kappa shape index (κ2) is 3.31. The number of aromatic nitrogens is 1. The predicted molar refractivity (Wildman–Crippen MR) is 54.3 cm³/mol. The molecule has 74 valence electrons. The van der Waals surface area contributed by atoms with Gasteiger partial charge in [-0.25, -0.2) is 4.79 Å². The maximum absolute atomic E-state index is 10.9. The normalized spacial score (nSPS) is 13.3. The van der Waals surface area contributed by atoms with Crippen molar-refractivity contribution in [2.24, 2.45) is 0 Å². The van der Waals surface area contributed by atoms with Crippen LogP contribution in [0.4, 0.5) is 0 Å². The molecule has 0 saturated heterocycles. The van der Waals surface area contributed by atoms with Crippen molar-refractivity contribution in [2.45, 2.75) is 13.0 Å². The summed E-state index contributed by atoms with van der Waals surface area (Å²) in [6, 6.07) is 5.93. The number of aromatic amines is 1. The summed E-state index contributed by atoms with van der Waals surface area (Å²) in [4.78, 5) is 13.5. The molecule has 0 aliphatic heterocycles. The van der Waals surface area contributed by atoms with Crippen molar-refractivity contribution in [1.82, 2.24) is 10.3 Å². The number of fused-ring (bicyclic) bond motifs is 1. The third-order valence-corrected chi connectivity index (χ3v) is 2.38. The van der Waals surface area contributed by atoms with E-state index in [1.54, 1.807) is 6.07 Å². The minimum absolute atomic E-state index is 0.262. The Hall–Kier alpha value is -1.55. The molecule has 2 aromatic rings. The Morgan fingerprint density at radius 2 is 2.29 bits per heavy atom. The van der Waals surface area contributed by atoms with E-state index in [-0.39, 0.29) is 6.04 Å². The van der Waals surface area contributed by atoms with Crippen molar-refractivity contribution < 1.29 is 4.42 Å². The zero-order valence-electron chi connectivity index (χ0n) is 8.13. The number of hydrogen-bond acceptors (Lipinski definition) is 3. The van der Waals surface area contributed by atoms with E-state index < -0.39 is 5.76 Å². The van der Waals surface area contributed by atoms with Crippen LogP contribution in [0.1, 0.15) is 18.5 Å². The van der Waals surface area contributed by atoms with Gasteiger partial charge in [-0.15, -0.1) is 0 Å². The lowest BCUT2D eigenvalue weighted by atomic mass is 10.1. The molecule has 1 heterocycles. The van der Waals surface area contributed by atoms with Crippen LogP contribution in [0.3, 0.4) is 0 Å². The average molecular weight is 192 g/mol. The summed E-state index contributed by atoms with van der Waals surface area (Å²) >= 11 is 0. The van der Waals surface area contributed by atoms with Gasteiger partial charge in [0.25, 0.3) is 0 Å². The third kappa shape index (κ3) is 1.44. The van der Waals surface area contributed by atoms with E-state index in [1.807, 2.05) is 19.2 Å². The van der Waals surface area contributed by atoms with Gasteiger partial charge >= 0.3 is 5.76 Å². The van der Waals surface area contributed by atoms with Gasteiger partial charge in [-0.05, 0) is 31.7 Å². The molecule has 14 heavy (non-hydrogen) atoms. The Kier molecular flexibility index (Phi) is 2.13. The summed E-state index contributed by atoms with van der Waals surface area (Å²) < 4.78 is 4.90. The first-order valence-corrected chi connectivity index (χ1v) is 4.51. The first kappa shape index (κ1) is 9.02. The fourth-order valence-corrected chi connectivity index (χ4v) is 1.41. The van der Waals surface area contributed by atoms with Gasteiger partial charge in [-0.3, -0.25) is 4.98 Å². The van der Waals surface area contributed by atoms with E-state index in [0.717, 1.165) is 11.1 Å². The molecule has 0 bridgehead atoms. The quantitative estimate of drug-likeness (QED) is 0.756. The summed E-state index contributed by atoms with van der Waals surface area (Å²) in [7, 11) is 1.90. The second-order valence-electron chi connectivity index (χ2n) is 3.28. The Morgan fingerprint density at radius 3 is 3.00 bits per heavy atom. The van der Waals surface area contributed by atoms with Gasteiger partial charge in [-0.2, -0.15) is 0 Å². The van der Waals surface area contributed by atoms with Crippen molar-refractivity contribution in [3.63, 3.8) is 0 Å². The Morgan fingerprint density at radius 1 is 1.50 bits per heavy atom. The van der Waals surface area contributed by atoms with Gasteiger partial charge in [0, 0.05) is 6.04 Å². The average Bonchev–Trinajstić information content (AvgIpc) is 2.55. The molecule has 0 fully saturated rings. The highest BCUT2D eigenvalue weighted by molar-refractivity contribution is 5.72. The molecule has 0 amide bonds. The molecule has 0 spiro atoms. The second-order valence-corrected chi connectivity index (χ2v) is 3.28. The smallest absolute Gasteiger partial charge is 0.408 e. The van der Waals surface area contributed by atoms with E-state index >= 15 is 0 Å². The van der Waals surface area contributed by atoms with Gasteiger partial charge in [0.1, 0.15) is 0 Å². The van der Waals surface area contributed by atoms with Crippen LogP contribution in [0, 0.1) is 0 Å². The van der Waals surface area contributed by atoms with Gasteiger partial charge in [0.05, 0.1) is 5.52 Å². The SMILES string of the molecule is CNC(C)c1ccc2oc(=O)[nH]c2c1. The highest BCUT2D eigenvalue weighted by atomic mass is 16.4. The van der Waals surface area contributed by atoms with Gasteiger partial charge in [0.15, 0.2) is 5.58 Å². The molecule has 4 nitrogen and oxygen atoms in total. The number of nitrogens with one attached hydrogen (secondary N) is 2. The summed E-state index contributed by atoms with van der Waals surface area (Å²) in [6.45, 7) is 2.05. The fraction of sp³-hybridized carbons (Fsp3) is 0.300. The van der Waals surface area contributed by atoms with Gasteiger partial charge < -0.3 is 9.73 Å². The molecule has 1 aromatic carbocycles. The maximum Gasteiger partial charge on any atom is 0.417 e. The lowest BCUT2D eigenvalue weighted by Gasteiger charge is -2.09. The number of H-pyrrole nitrogens is 1. The predicted octanol–water partition coefficient (Wildman–Crippen LogP) is 1.40. The highest BCUT2D eigenvalue weighted by Crippen LogP contribution is 2.17. The van der Waals surface area contributed by atoms with Crippen LogP contribution in [0.2, 0.25) is 0 Å². The van der Waals surface area contributed by atoms with E-state index in [0.29, 0.717) is 5.58 Å². The molecule has 0 radical (unpaired) electrons. The molecule has 0 aliphatic carbocycles. The molecule has 2 rings (SSSR count). The van der Waals surface area contributed by atoms with E-state index in [4.69, 9.17) is 4.42 Å². The largest absolute Gasteiger partial charge is 0.417 e. The molecular formula is C10H12N2O2. The first-order chi connectivity index (χ1) is 6.70. The monoisotopic (exact) mass is 192 g/mol. The van der Waals surface area contributed by atoms with Crippen LogP contribution >= 0.6 is 0 Å². The fourth-order valence-electron chi connectivity index (χ4n) is 1.41. The van der Waals surface area contributed by atoms with Crippen molar-refractivity contribution in [3.05, 3.63) is 34.3 Å². The Labute approximate surface area is 80.9 Å². The molecule has 4 heteroatoms. The molecule has 1 unspecified atom stereocenters. The van der Waals surface area contributed by atoms with Crippen molar-refractivity contribution in [2.75, 3.05) is 7.05 Å². The van der Waals surface area contributed by atoms with Gasteiger partial charge in [0.2, 0.25) is 0 Å². The van der Waals surface area contributed by atoms with E-state index in [2.05, 4.69) is 17.2 Å². The lowest BCUT2D eigenvalue weighted by molar-refractivity contribution is 0.555. The number of oxazole rings is 1. The van der Waals surface area contributed by atoms with E-state index in [9.17, 15) is 4.79 Å². The maximum atomic E-state index is 10.9. The van der Waals surface area contributed by atoms with Crippen molar-refractivity contribution >= 4 is 11.1 Å². The Balaban J connectivity index is 2.55. The van der Waals surface area contributed by atoms with Crippen molar-refractivity contribution in [3.8, 4) is 0 Å². The topological polar surface area (TPSA) is 58.0 Å². The third-order valence-electron chi connectivity index (χ3n) is 2.38. The lowest BCUT2D eigenvalue weighted by Crippen LogP contribution is -2.11. The molecule has 0 saturated carbocycles. The van der Waals surface area contributed by atoms with Crippen LogP contribution in [0.25, 0.3) is 11.1 Å². The minimum atomic E-state index is -0.408. The van der Waals surface area contributed by atoms with Crippen LogP contribution in [0.5, 0.6) is 0 Å². The first-order valence-electron chi connectivity index (χ1n) is 4.51. The highest BCUT2D eigenvalue weighted by Gasteiger charge is 2.05. The molecule has 1 atom stereocenters. The van der Waals surface area contributed by atoms with Gasteiger partial charge in [-0.1, -0.05) is 6.07 Å². The van der Waals surface area contributed by atoms with Crippen LogP contribution < -0.4 is 11.1 Å². The van der Waals surface area contributed by atoms with Crippen molar-refractivity contribution in [1.29, 1.82) is 0 Å². The Bertz CT molecular complexity index is 498. The minimum Gasteiger partial charge on any atom is -0.408 e. The molecule has 2 N–H and O–H groups in total. The number of benzene rings is 1. The van der Waals surface area contributed by atoms with Crippen LogP contribution in [-0.2, 0) is 0 Å². The molecule has 1 aromatic heterocycles. The molecule has 0 aliphatic rings. The molecular weight excluding hydrogens is 180 g/mol. The summed E-state index contributed by atoms with van der Waals surface area (Å²) in [5.74, 6) is -0.408. The summed E-state index contributed by atoms with van der Waals surface area (Å²) in [5.41, 5.74) is 2.47. The standard InChI is InChI=1S/C10H12N2O2/c1-6(11-2)7-3-4-9-8(5-7)12-10(13)14-9/h3-6,11H,1-2H3,(H,12,13). The van der Waals surface area contributed by atoms with E-state index in [1.165, 1.54) is 0 Å². The summed E-state index contributed by atoms with van der Waals surface area (Å²) in [5, 5.41) is 3.13. The zero-order chi connectivity index (χ0) is 10.1. The summed E-state index contributed by atoms with van der Waals surface area (Å²) in [6.07, 6.45) is 0. The number of hydrogen-bond donors (Lipinski definition) is 2. The van der Waals surface area contributed by atoms with Crippen LogP contribution in [0.15, 0.2) is 27.4 Å². The van der Waals surface area contributed by atoms with Crippen LogP contribution in [-0.4, -0.2) is 12.0 Å². The number of rotatable bonds is 2. The zero-order valence-corrected chi connectivity index (χ0v) is 8.13.